The minimum atomic E-state index is -0.0215. The van der Waals surface area contributed by atoms with Gasteiger partial charge in [0.1, 0.15) is 22.7 Å². The lowest BCUT2D eigenvalue weighted by Crippen LogP contribution is -2.43. The molecule has 0 spiro atoms. The fourth-order valence-corrected chi connectivity index (χ4v) is 4.34. The number of aryl methyl sites for hydroxylation is 2. The average Bonchev–Trinajstić information content (AvgIpc) is 3.09. The molecule has 27 heavy (non-hydrogen) atoms. The summed E-state index contributed by atoms with van der Waals surface area (Å²) in [5, 5.41) is 1.71. The van der Waals surface area contributed by atoms with Gasteiger partial charge in [-0.15, -0.1) is 0 Å². The molecule has 4 aromatic rings. The van der Waals surface area contributed by atoms with E-state index in [4.69, 9.17) is 9.47 Å². The Kier molecular flexibility index (Phi) is 3.31. The SMILES string of the molecule is COc1cccc2[nH]c3c(c12)CCn1c-3[n+](C)c2cccc(OC)c2c1=O. The van der Waals surface area contributed by atoms with E-state index in [1.165, 1.54) is 5.56 Å². The predicted octanol–water partition coefficient (Wildman–Crippen LogP) is 2.55. The van der Waals surface area contributed by atoms with Crippen molar-refractivity contribution in [1.29, 1.82) is 0 Å². The van der Waals surface area contributed by atoms with Crippen molar-refractivity contribution in [2.45, 2.75) is 13.0 Å². The molecule has 6 nitrogen and oxygen atoms in total. The molecular weight excluding hydrogens is 342 g/mol. The van der Waals surface area contributed by atoms with Gasteiger partial charge >= 0.3 is 11.4 Å². The highest BCUT2D eigenvalue weighted by molar-refractivity contribution is 5.95. The van der Waals surface area contributed by atoms with E-state index in [2.05, 4.69) is 9.55 Å². The van der Waals surface area contributed by atoms with Gasteiger partial charge in [-0.25, -0.2) is 9.36 Å². The van der Waals surface area contributed by atoms with Gasteiger partial charge in [0.2, 0.25) is 0 Å². The molecule has 0 bridgehead atoms. The van der Waals surface area contributed by atoms with Crippen LogP contribution in [0.25, 0.3) is 33.3 Å². The summed E-state index contributed by atoms with van der Waals surface area (Å²) in [7, 11) is 5.28. The molecule has 3 heterocycles. The van der Waals surface area contributed by atoms with E-state index in [0.29, 0.717) is 17.7 Å². The first kappa shape index (κ1) is 15.9. The summed E-state index contributed by atoms with van der Waals surface area (Å²) in [4.78, 5) is 16.8. The number of nitrogens with zero attached hydrogens (tertiary/aromatic N) is 2. The van der Waals surface area contributed by atoms with Crippen LogP contribution in [0.5, 0.6) is 11.5 Å². The number of ether oxygens (including phenoxy) is 2. The summed E-state index contributed by atoms with van der Waals surface area (Å²) >= 11 is 0. The van der Waals surface area contributed by atoms with Crippen molar-refractivity contribution in [3.05, 3.63) is 52.3 Å². The van der Waals surface area contributed by atoms with E-state index >= 15 is 0 Å². The Morgan fingerprint density at radius 3 is 2.48 bits per heavy atom. The molecule has 0 atom stereocenters. The minimum Gasteiger partial charge on any atom is -0.496 e. The smallest absolute Gasteiger partial charge is 0.349 e. The van der Waals surface area contributed by atoms with Crippen LogP contribution in [0.15, 0.2) is 41.2 Å². The van der Waals surface area contributed by atoms with Crippen LogP contribution in [0.2, 0.25) is 0 Å². The molecule has 0 unspecified atom stereocenters. The normalized spacial score (nSPS) is 12.9. The van der Waals surface area contributed by atoms with Gasteiger partial charge in [-0.1, -0.05) is 12.1 Å². The van der Waals surface area contributed by atoms with Crippen LogP contribution in [0.1, 0.15) is 5.56 Å². The summed E-state index contributed by atoms with van der Waals surface area (Å²) < 4.78 is 14.9. The Morgan fingerprint density at radius 2 is 1.74 bits per heavy atom. The van der Waals surface area contributed by atoms with Crippen LogP contribution >= 0.6 is 0 Å². The maximum atomic E-state index is 13.3. The van der Waals surface area contributed by atoms with Crippen LogP contribution < -0.4 is 19.6 Å². The number of methoxy groups -OCH3 is 2. The highest BCUT2D eigenvalue weighted by atomic mass is 16.5. The van der Waals surface area contributed by atoms with Gasteiger partial charge in [0.15, 0.2) is 5.39 Å². The zero-order valence-corrected chi connectivity index (χ0v) is 15.5. The van der Waals surface area contributed by atoms with Gasteiger partial charge in [0.05, 0.1) is 33.3 Å². The van der Waals surface area contributed by atoms with Crippen LogP contribution in [-0.2, 0) is 20.0 Å². The molecule has 0 saturated carbocycles. The highest BCUT2D eigenvalue weighted by Gasteiger charge is 2.33. The maximum absolute atomic E-state index is 13.3. The van der Waals surface area contributed by atoms with Crippen molar-refractivity contribution in [2.75, 3.05) is 14.2 Å². The first-order valence-corrected chi connectivity index (χ1v) is 8.93. The zero-order chi connectivity index (χ0) is 18.7. The third kappa shape index (κ3) is 2.01. The molecule has 0 amide bonds. The lowest BCUT2D eigenvalue weighted by Gasteiger charge is -2.17. The molecular formula is C21H20N3O3+. The Balaban J connectivity index is 1.93. The monoisotopic (exact) mass is 362 g/mol. The molecule has 1 aliphatic heterocycles. The number of nitrogens with one attached hydrogen (secondary N) is 1. The second-order valence-corrected chi connectivity index (χ2v) is 6.81. The second-order valence-electron chi connectivity index (χ2n) is 6.81. The van der Waals surface area contributed by atoms with Crippen molar-refractivity contribution in [3.8, 4) is 23.0 Å². The number of hydrogen-bond acceptors (Lipinski definition) is 3. The Morgan fingerprint density at radius 1 is 1.04 bits per heavy atom. The van der Waals surface area contributed by atoms with Gasteiger partial charge in [-0.05, 0) is 24.3 Å². The van der Waals surface area contributed by atoms with E-state index in [0.717, 1.165) is 40.1 Å². The van der Waals surface area contributed by atoms with Gasteiger partial charge in [0.25, 0.3) is 0 Å². The van der Waals surface area contributed by atoms with Crippen LogP contribution in [-0.4, -0.2) is 23.8 Å². The number of fused-ring (bicyclic) bond motifs is 6. The van der Waals surface area contributed by atoms with Crippen molar-refractivity contribution in [3.63, 3.8) is 0 Å². The Labute approximate surface area is 155 Å². The predicted molar refractivity (Wildman–Crippen MR) is 103 cm³/mol. The quantitative estimate of drug-likeness (QED) is 0.558. The van der Waals surface area contributed by atoms with Crippen molar-refractivity contribution < 1.29 is 14.0 Å². The number of rotatable bonds is 2. The summed E-state index contributed by atoms with van der Waals surface area (Å²) in [6, 6.07) is 11.7. The molecule has 2 aromatic carbocycles. The van der Waals surface area contributed by atoms with E-state index in [9.17, 15) is 4.79 Å². The molecule has 1 N–H and O–H groups in total. The van der Waals surface area contributed by atoms with E-state index in [-0.39, 0.29) is 5.56 Å². The lowest BCUT2D eigenvalue weighted by molar-refractivity contribution is -0.638. The average molecular weight is 362 g/mol. The zero-order valence-electron chi connectivity index (χ0n) is 15.5. The number of benzene rings is 2. The molecule has 6 heteroatoms. The molecule has 5 rings (SSSR count). The molecule has 136 valence electrons. The number of H-pyrrole nitrogens is 1. The molecule has 2 aromatic heterocycles. The van der Waals surface area contributed by atoms with Crippen molar-refractivity contribution in [1.82, 2.24) is 9.55 Å². The fourth-order valence-electron chi connectivity index (χ4n) is 4.34. The molecule has 1 aliphatic rings. The van der Waals surface area contributed by atoms with Crippen LogP contribution in [0.4, 0.5) is 0 Å². The van der Waals surface area contributed by atoms with Gasteiger partial charge in [0, 0.05) is 17.4 Å². The third-order valence-corrected chi connectivity index (χ3v) is 5.54. The van der Waals surface area contributed by atoms with E-state index in [1.54, 1.807) is 14.2 Å². The first-order chi connectivity index (χ1) is 13.2. The summed E-state index contributed by atoms with van der Waals surface area (Å²) in [6.07, 6.45) is 0.767. The largest absolute Gasteiger partial charge is 0.496 e. The molecule has 0 aliphatic carbocycles. The Hall–Kier alpha value is -3.28. The lowest BCUT2D eigenvalue weighted by atomic mass is 10.0. The maximum Gasteiger partial charge on any atom is 0.349 e. The van der Waals surface area contributed by atoms with E-state index < -0.39 is 0 Å². The van der Waals surface area contributed by atoms with Gasteiger partial charge in [-0.3, -0.25) is 0 Å². The second kappa shape index (κ2) is 5.61. The first-order valence-electron chi connectivity index (χ1n) is 8.93. The summed E-state index contributed by atoms with van der Waals surface area (Å²) in [5.74, 6) is 2.33. The van der Waals surface area contributed by atoms with Crippen molar-refractivity contribution in [2.24, 2.45) is 7.05 Å². The molecule has 0 saturated heterocycles. The Bertz CT molecular complexity index is 1280. The molecule has 0 radical (unpaired) electrons. The third-order valence-electron chi connectivity index (χ3n) is 5.54. The minimum absolute atomic E-state index is 0.0215. The van der Waals surface area contributed by atoms with E-state index in [1.807, 2.05) is 48.0 Å². The summed E-state index contributed by atoms with van der Waals surface area (Å²) in [6.45, 7) is 0.619. The fraction of sp³-hybridized carbons (Fsp3) is 0.238. The highest BCUT2D eigenvalue weighted by Crippen LogP contribution is 2.37. The van der Waals surface area contributed by atoms with Crippen molar-refractivity contribution >= 4 is 21.8 Å². The van der Waals surface area contributed by atoms with Gasteiger partial charge < -0.3 is 14.5 Å². The summed E-state index contributed by atoms with van der Waals surface area (Å²) in [5.41, 5.74) is 4.02. The number of hydrogen-bond donors (Lipinski definition) is 1. The number of aromatic nitrogens is 3. The van der Waals surface area contributed by atoms with Crippen LogP contribution in [0, 0.1) is 0 Å². The number of aromatic amines is 1. The molecule has 0 fully saturated rings. The standard InChI is InChI=1S/C21H19N3O3/c1-23-14-7-5-9-16(27-3)18(14)21(25)24-11-10-12-17-13(22-19(12)20(23)24)6-4-8-15(17)26-2/h4-9H,10-11H2,1-3H3/p+1. The topological polar surface area (TPSA) is 60.1 Å². The van der Waals surface area contributed by atoms with Gasteiger partial charge in [-0.2, -0.15) is 4.57 Å². The van der Waals surface area contributed by atoms with Crippen LogP contribution in [0.3, 0.4) is 0 Å².